The second-order valence-electron chi connectivity index (χ2n) is 5.87. The maximum absolute atomic E-state index is 12.4. The second-order valence-corrected chi connectivity index (χ2v) is 7.10. The fraction of sp³-hybridized carbons (Fsp3) is 0.412. The summed E-state index contributed by atoms with van der Waals surface area (Å²) in [5, 5.41) is 7.58. The minimum Gasteiger partial charge on any atom is -0.452 e. The first kappa shape index (κ1) is 19.6. The summed E-state index contributed by atoms with van der Waals surface area (Å²) in [6.45, 7) is 6.61. The van der Waals surface area contributed by atoms with Crippen LogP contribution in [0.5, 0.6) is 0 Å². The minimum absolute atomic E-state index is 0.00133. The Hall–Kier alpha value is -2.68. The van der Waals surface area contributed by atoms with Crippen molar-refractivity contribution in [2.24, 2.45) is 5.92 Å². The Labute approximate surface area is 155 Å². The molecule has 0 unspecified atom stereocenters. The largest absolute Gasteiger partial charge is 0.452 e. The number of carbonyl (C=O) groups is 4. The zero-order chi connectivity index (χ0) is 19.3. The van der Waals surface area contributed by atoms with E-state index in [-0.39, 0.29) is 23.9 Å². The Morgan fingerprint density at radius 2 is 1.96 bits per heavy atom. The first-order chi connectivity index (χ1) is 12.3. The highest BCUT2D eigenvalue weighted by Crippen LogP contribution is 2.36. The van der Waals surface area contributed by atoms with Crippen molar-refractivity contribution in [3.63, 3.8) is 0 Å². The SMILES string of the molecule is C=CCNC(=O)NC(=O)COC(=O)c1c(NC(=O)C2CC2)sc(C)c1C. The summed E-state index contributed by atoms with van der Waals surface area (Å²) in [5.74, 6) is -1.59. The Morgan fingerprint density at radius 1 is 1.27 bits per heavy atom. The number of hydrogen-bond donors (Lipinski definition) is 3. The van der Waals surface area contributed by atoms with Crippen LogP contribution in [0.3, 0.4) is 0 Å². The van der Waals surface area contributed by atoms with Crippen LogP contribution in [-0.2, 0) is 14.3 Å². The van der Waals surface area contributed by atoms with Crippen LogP contribution in [0, 0.1) is 19.8 Å². The van der Waals surface area contributed by atoms with Gasteiger partial charge in [0, 0.05) is 17.3 Å². The first-order valence-electron chi connectivity index (χ1n) is 8.10. The third kappa shape index (κ3) is 5.16. The molecule has 0 spiro atoms. The molecule has 9 heteroatoms. The molecular formula is C17H21N3O5S. The molecule has 3 N–H and O–H groups in total. The maximum atomic E-state index is 12.4. The lowest BCUT2D eigenvalue weighted by Gasteiger charge is -2.08. The van der Waals surface area contributed by atoms with Gasteiger partial charge in [-0.2, -0.15) is 0 Å². The van der Waals surface area contributed by atoms with Gasteiger partial charge in [-0.25, -0.2) is 9.59 Å². The molecule has 0 atom stereocenters. The molecule has 0 aromatic carbocycles. The van der Waals surface area contributed by atoms with E-state index in [1.807, 2.05) is 12.2 Å². The van der Waals surface area contributed by atoms with E-state index in [9.17, 15) is 19.2 Å². The third-order valence-electron chi connectivity index (χ3n) is 3.77. The van der Waals surface area contributed by atoms with Crippen molar-refractivity contribution in [1.82, 2.24) is 10.6 Å². The number of esters is 1. The Kier molecular flexibility index (Phi) is 6.51. The number of nitrogens with one attached hydrogen (secondary N) is 3. The average molecular weight is 379 g/mol. The van der Waals surface area contributed by atoms with Crippen LogP contribution in [0.25, 0.3) is 0 Å². The van der Waals surface area contributed by atoms with Crippen molar-refractivity contribution < 1.29 is 23.9 Å². The van der Waals surface area contributed by atoms with Crippen molar-refractivity contribution in [3.05, 3.63) is 28.7 Å². The molecule has 1 heterocycles. The first-order valence-corrected chi connectivity index (χ1v) is 8.91. The number of rotatable bonds is 7. The van der Waals surface area contributed by atoms with Gasteiger partial charge in [0.2, 0.25) is 5.91 Å². The molecule has 1 fully saturated rings. The van der Waals surface area contributed by atoms with E-state index in [0.29, 0.717) is 10.6 Å². The number of imide groups is 1. The topological polar surface area (TPSA) is 114 Å². The fourth-order valence-electron chi connectivity index (χ4n) is 2.10. The van der Waals surface area contributed by atoms with Gasteiger partial charge in [0.15, 0.2) is 6.61 Å². The number of aryl methyl sites for hydroxylation is 1. The highest BCUT2D eigenvalue weighted by molar-refractivity contribution is 7.16. The van der Waals surface area contributed by atoms with E-state index >= 15 is 0 Å². The molecule has 2 rings (SSSR count). The molecule has 140 valence electrons. The zero-order valence-electron chi connectivity index (χ0n) is 14.6. The summed E-state index contributed by atoms with van der Waals surface area (Å²) in [5.41, 5.74) is 0.931. The molecule has 1 aliphatic rings. The summed E-state index contributed by atoms with van der Waals surface area (Å²) in [7, 11) is 0. The van der Waals surface area contributed by atoms with E-state index in [4.69, 9.17) is 4.74 Å². The van der Waals surface area contributed by atoms with Crippen molar-refractivity contribution in [1.29, 1.82) is 0 Å². The summed E-state index contributed by atoms with van der Waals surface area (Å²) in [4.78, 5) is 48.2. The van der Waals surface area contributed by atoms with Gasteiger partial charge in [-0.1, -0.05) is 6.08 Å². The normalized spacial score (nSPS) is 12.8. The van der Waals surface area contributed by atoms with Gasteiger partial charge in [-0.15, -0.1) is 17.9 Å². The van der Waals surface area contributed by atoms with Crippen LogP contribution in [0.15, 0.2) is 12.7 Å². The predicted molar refractivity (Wildman–Crippen MR) is 97.2 cm³/mol. The number of urea groups is 1. The molecule has 26 heavy (non-hydrogen) atoms. The summed E-state index contributed by atoms with van der Waals surface area (Å²) in [6.07, 6.45) is 3.16. The van der Waals surface area contributed by atoms with Gasteiger partial charge in [-0.05, 0) is 32.3 Å². The quantitative estimate of drug-likeness (QED) is 0.494. The van der Waals surface area contributed by atoms with Crippen molar-refractivity contribution >= 4 is 40.2 Å². The smallest absolute Gasteiger partial charge is 0.341 e. The van der Waals surface area contributed by atoms with Crippen molar-refractivity contribution in [2.75, 3.05) is 18.5 Å². The number of hydrogen-bond acceptors (Lipinski definition) is 6. The molecule has 1 aromatic heterocycles. The van der Waals surface area contributed by atoms with Gasteiger partial charge >= 0.3 is 12.0 Å². The number of thiophene rings is 1. The van der Waals surface area contributed by atoms with Gasteiger partial charge in [-0.3, -0.25) is 14.9 Å². The summed E-state index contributed by atoms with van der Waals surface area (Å²) in [6, 6.07) is -0.703. The van der Waals surface area contributed by atoms with Crippen LogP contribution in [0.4, 0.5) is 9.80 Å². The Morgan fingerprint density at radius 3 is 2.58 bits per heavy atom. The lowest BCUT2D eigenvalue weighted by molar-refractivity contribution is -0.123. The highest BCUT2D eigenvalue weighted by Gasteiger charge is 2.31. The fourth-order valence-corrected chi connectivity index (χ4v) is 3.15. The molecule has 1 aromatic rings. The third-order valence-corrected chi connectivity index (χ3v) is 4.89. The zero-order valence-corrected chi connectivity index (χ0v) is 15.5. The molecule has 1 aliphatic carbocycles. The number of carbonyl (C=O) groups excluding carboxylic acids is 4. The van der Waals surface area contributed by atoms with E-state index in [1.54, 1.807) is 6.92 Å². The van der Waals surface area contributed by atoms with Crippen molar-refractivity contribution in [3.8, 4) is 0 Å². The molecule has 1 saturated carbocycles. The van der Waals surface area contributed by atoms with Gasteiger partial charge in [0.1, 0.15) is 5.00 Å². The number of amides is 4. The lowest BCUT2D eigenvalue weighted by atomic mass is 10.1. The van der Waals surface area contributed by atoms with Gasteiger partial charge < -0.3 is 15.4 Å². The van der Waals surface area contributed by atoms with Gasteiger partial charge in [0.25, 0.3) is 5.91 Å². The van der Waals surface area contributed by atoms with E-state index in [1.165, 1.54) is 17.4 Å². The molecule has 0 bridgehead atoms. The van der Waals surface area contributed by atoms with Gasteiger partial charge in [0.05, 0.1) is 5.56 Å². The summed E-state index contributed by atoms with van der Waals surface area (Å²) < 4.78 is 4.99. The lowest BCUT2D eigenvalue weighted by Crippen LogP contribution is -2.41. The molecule has 8 nitrogen and oxygen atoms in total. The average Bonchev–Trinajstić information content (AvgIpc) is 3.39. The molecule has 0 saturated heterocycles. The van der Waals surface area contributed by atoms with Crippen LogP contribution in [0.2, 0.25) is 0 Å². The van der Waals surface area contributed by atoms with Crippen LogP contribution < -0.4 is 16.0 Å². The molecule has 0 aliphatic heterocycles. The monoisotopic (exact) mass is 379 g/mol. The maximum Gasteiger partial charge on any atom is 0.341 e. The highest BCUT2D eigenvalue weighted by atomic mass is 32.1. The molecule has 0 radical (unpaired) electrons. The van der Waals surface area contributed by atoms with E-state index in [2.05, 4.69) is 17.2 Å². The summed E-state index contributed by atoms with van der Waals surface area (Å²) >= 11 is 1.29. The number of ether oxygens (including phenoxy) is 1. The molecule has 4 amide bonds. The predicted octanol–water partition coefficient (Wildman–Crippen LogP) is 1.88. The number of anilines is 1. The molecular weight excluding hydrogens is 358 g/mol. The standard InChI is InChI=1S/C17H21N3O5S/c1-4-7-18-17(24)19-12(21)8-25-16(23)13-9(2)10(3)26-15(13)20-14(22)11-5-6-11/h4,11H,1,5-8H2,2-3H3,(H,20,22)(H2,18,19,21,24). The van der Waals surface area contributed by atoms with E-state index < -0.39 is 24.5 Å². The van der Waals surface area contributed by atoms with E-state index in [0.717, 1.165) is 17.7 Å². The van der Waals surface area contributed by atoms with Crippen LogP contribution >= 0.6 is 11.3 Å². The van der Waals surface area contributed by atoms with Crippen molar-refractivity contribution in [2.45, 2.75) is 26.7 Å². The minimum atomic E-state index is -0.756. The Bertz CT molecular complexity index is 752. The Balaban J connectivity index is 1.95. The van der Waals surface area contributed by atoms with Crippen LogP contribution in [-0.4, -0.2) is 37.0 Å². The van der Waals surface area contributed by atoms with Crippen LogP contribution in [0.1, 0.15) is 33.6 Å². The second kappa shape index (κ2) is 8.61.